The average molecular weight is 230 g/mol. The van der Waals surface area contributed by atoms with Gasteiger partial charge in [-0.25, -0.2) is 0 Å². The van der Waals surface area contributed by atoms with Crippen LogP contribution in [0.15, 0.2) is 24.3 Å². The Hall–Kier alpha value is -1.79. The van der Waals surface area contributed by atoms with Gasteiger partial charge in [-0.05, 0) is 24.6 Å². The zero-order chi connectivity index (χ0) is 12.7. The molecular weight excluding hydrogens is 212 g/mol. The second-order valence-electron chi connectivity index (χ2n) is 3.89. The number of benzene rings is 1. The number of hydrogen-bond donors (Lipinski definition) is 2. The fourth-order valence-electron chi connectivity index (χ4n) is 1.28. The number of rotatable bonds is 3. The lowest BCUT2D eigenvalue weighted by atomic mass is 10.1. The lowest BCUT2D eigenvalue weighted by Gasteiger charge is -2.09. The topological polar surface area (TPSA) is 55.1 Å². The molecule has 1 aromatic carbocycles. The molecule has 3 N–H and O–H groups in total. The van der Waals surface area contributed by atoms with Gasteiger partial charge < -0.3 is 11.1 Å². The summed E-state index contributed by atoms with van der Waals surface area (Å²) in [5, 5.41) is 2.87. The van der Waals surface area contributed by atoms with E-state index >= 15 is 0 Å². The molecule has 1 atom stereocenters. The van der Waals surface area contributed by atoms with Gasteiger partial charge in [0.15, 0.2) is 0 Å². The molecule has 3 nitrogen and oxygen atoms in total. The molecule has 0 aliphatic carbocycles. The quantitative estimate of drug-likeness (QED) is 0.780. The Morgan fingerprint density at radius 3 is 2.94 bits per heavy atom. The lowest BCUT2D eigenvalue weighted by Crippen LogP contribution is -2.19. The molecule has 0 bridgehead atoms. The Kier molecular flexibility index (Phi) is 5.25. The maximum Gasteiger partial charge on any atom is 0.227 e. The van der Waals surface area contributed by atoms with Crippen LogP contribution in [0, 0.1) is 17.8 Å². The van der Waals surface area contributed by atoms with E-state index in [-0.39, 0.29) is 11.8 Å². The van der Waals surface area contributed by atoms with E-state index in [0.717, 1.165) is 17.7 Å². The molecular formula is C14H18N2O. The third-order valence-electron chi connectivity index (χ3n) is 2.52. The van der Waals surface area contributed by atoms with Gasteiger partial charge in [-0.1, -0.05) is 31.8 Å². The predicted octanol–water partition coefficient (Wildman–Crippen LogP) is 1.98. The molecule has 0 radical (unpaired) electrons. The van der Waals surface area contributed by atoms with Gasteiger partial charge in [0.2, 0.25) is 5.91 Å². The summed E-state index contributed by atoms with van der Waals surface area (Å²) >= 11 is 0. The summed E-state index contributed by atoms with van der Waals surface area (Å²) in [6.45, 7) is 4.24. The molecule has 1 unspecified atom stereocenters. The largest absolute Gasteiger partial charge is 0.326 e. The van der Waals surface area contributed by atoms with E-state index in [9.17, 15) is 4.79 Å². The Labute approximate surface area is 102 Å². The highest BCUT2D eigenvalue weighted by atomic mass is 16.1. The third-order valence-corrected chi connectivity index (χ3v) is 2.52. The van der Waals surface area contributed by atoms with E-state index in [1.165, 1.54) is 0 Å². The molecule has 0 saturated heterocycles. The first-order valence-corrected chi connectivity index (χ1v) is 5.77. The molecule has 0 fully saturated rings. The van der Waals surface area contributed by atoms with Crippen LogP contribution in [0.1, 0.15) is 25.8 Å². The van der Waals surface area contributed by atoms with Crippen molar-refractivity contribution in [2.45, 2.75) is 20.3 Å². The summed E-state index contributed by atoms with van der Waals surface area (Å²) in [6.07, 6.45) is 0.832. The Balaban J connectivity index is 2.75. The normalized spacial score (nSPS) is 11.2. The van der Waals surface area contributed by atoms with E-state index in [1.54, 1.807) is 0 Å². The van der Waals surface area contributed by atoms with Crippen LogP contribution in [-0.2, 0) is 4.79 Å². The summed E-state index contributed by atoms with van der Waals surface area (Å²) in [5.41, 5.74) is 6.95. The highest BCUT2D eigenvalue weighted by Gasteiger charge is 2.10. The molecule has 90 valence electrons. The maximum absolute atomic E-state index is 11.7. The van der Waals surface area contributed by atoms with Gasteiger partial charge in [-0.2, -0.15) is 0 Å². The Morgan fingerprint density at radius 1 is 1.53 bits per heavy atom. The minimum absolute atomic E-state index is 0.0220. The molecule has 0 saturated carbocycles. The molecule has 17 heavy (non-hydrogen) atoms. The fraction of sp³-hybridized carbons (Fsp3) is 0.357. The zero-order valence-electron chi connectivity index (χ0n) is 10.3. The van der Waals surface area contributed by atoms with Gasteiger partial charge in [-0.15, -0.1) is 0 Å². The molecule has 0 aliphatic rings. The lowest BCUT2D eigenvalue weighted by molar-refractivity contribution is -0.119. The van der Waals surface area contributed by atoms with Crippen molar-refractivity contribution in [1.82, 2.24) is 0 Å². The van der Waals surface area contributed by atoms with Crippen molar-refractivity contribution >= 4 is 11.6 Å². The molecule has 0 aromatic heterocycles. The Bertz CT molecular complexity index is 443. The fourth-order valence-corrected chi connectivity index (χ4v) is 1.28. The first-order chi connectivity index (χ1) is 8.17. The van der Waals surface area contributed by atoms with Gasteiger partial charge >= 0.3 is 0 Å². The molecule has 3 heteroatoms. The average Bonchev–Trinajstić information content (AvgIpc) is 2.35. The van der Waals surface area contributed by atoms with Crippen molar-refractivity contribution in [1.29, 1.82) is 0 Å². The number of amides is 1. The van der Waals surface area contributed by atoms with E-state index in [1.807, 2.05) is 38.1 Å². The summed E-state index contributed by atoms with van der Waals surface area (Å²) < 4.78 is 0. The molecule has 1 aromatic rings. The highest BCUT2D eigenvalue weighted by molar-refractivity contribution is 5.92. The van der Waals surface area contributed by atoms with Crippen LogP contribution >= 0.6 is 0 Å². The molecule has 1 rings (SSSR count). The van der Waals surface area contributed by atoms with Crippen LogP contribution in [0.4, 0.5) is 5.69 Å². The molecule has 1 amide bonds. The van der Waals surface area contributed by atoms with Crippen LogP contribution in [0.3, 0.4) is 0 Å². The standard InChI is InChI=1S/C14H18N2O/c1-3-11(2)14(17)16-13-8-4-6-12(10-13)7-5-9-15/h4,6,8,10-11H,3,9,15H2,1-2H3,(H,16,17). The summed E-state index contributed by atoms with van der Waals surface area (Å²) in [6, 6.07) is 7.46. The van der Waals surface area contributed by atoms with Crippen molar-refractivity contribution in [3.8, 4) is 11.8 Å². The van der Waals surface area contributed by atoms with Crippen molar-refractivity contribution < 1.29 is 4.79 Å². The van der Waals surface area contributed by atoms with Crippen LogP contribution in [0.5, 0.6) is 0 Å². The van der Waals surface area contributed by atoms with Gasteiger partial charge in [-0.3, -0.25) is 4.79 Å². The SMILES string of the molecule is CCC(C)C(=O)Nc1cccc(C#CCN)c1. The second kappa shape index (κ2) is 6.72. The van der Waals surface area contributed by atoms with Crippen molar-refractivity contribution in [2.24, 2.45) is 11.7 Å². The summed E-state index contributed by atoms with van der Waals surface area (Å²) in [7, 11) is 0. The number of carbonyl (C=O) groups is 1. The predicted molar refractivity (Wildman–Crippen MR) is 70.5 cm³/mol. The number of nitrogens with one attached hydrogen (secondary N) is 1. The first-order valence-electron chi connectivity index (χ1n) is 5.77. The summed E-state index contributed by atoms with van der Waals surface area (Å²) in [4.78, 5) is 11.7. The second-order valence-corrected chi connectivity index (χ2v) is 3.89. The van der Waals surface area contributed by atoms with Gasteiger partial charge in [0.05, 0.1) is 6.54 Å². The van der Waals surface area contributed by atoms with Crippen molar-refractivity contribution in [3.05, 3.63) is 29.8 Å². The summed E-state index contributed by atoms with van der Waals surface area (Å²) in [5.74, 6) is 5.78. The van der Waals surface area contributed by atoms with Crippen LogP contribution < -0.4 is 11.1 Å². The molecule has 0 aliphatic heterocycles. The number of anilines is 1. The smallest absolute Gasteiger partial charge is 0.227 e. The van der Waals surface area contributed by atoms with Crippen LogP contribution in [-0.4, -0.2) is 12.5 Å². The van der Waals surface area contributed by atoms with Gasteiger partial charge in [0, 0.05) is 17.2 Å². The van der Waals surface area contributed by atoms with Crippen LogP contribution in [0.25, 0.3) is 0 Å². The minimum Gasteiger partial charge on any atom is -0.326 e. The maximum atomic E-state index is 11.7. The van der Waals surface area contributed by atoms with Gasteiger partial charge in [0.25, 0.3) is 0 Å². The van der Waals surface area contributed by atoms with E-state index in [2.05, 4.69) is 17.2 Å². The number of nitrogens with two attached hydrogens (primary N) is 1. The molecule has 0 heterocycles. The van der Waals surface area contributed by atoms with E-state index < -0.39 is 0 Å². The zero-order valence-corrected chi connectivity index (χ0v) is 10.3. The Morgan fingerprint density at radius 2 is 2.29 bits per heavy atom. The third kappa shape index (κ3) is 4.29. The highest BCUT2D eigenvalue weighted by Crippen LogP contribution is 2.12. The van der Waals surface area contributed by atoms with Gasteiger partial charge in [0.1, 0.15) is 0 Å². The molecule has 0 spiro atoms. The van der Waals surface area contributed by atoms with E-state index in [0.29, 0.717) is 6.54 Å². The number of hydrogen-bond acceptors (Lipinski definition) is 2. The first kappa shape index (κ1) is 13.3. The monoisotopic (exact) mass is 230 g/mol. The van der Waals surface area contributed by atoms with Crippen molar-refractivity contribution in [3.63, 3.8) is 0 Å². The minimum atomic E-state index is 0.0220. The van der Waals surface area contributed by atoms with E-state index in [4.69, 9.17) is 5.73 Å². The van der Waals surface area contributed by atoms with Crippen molar-refractivity contribution in [2.75, 3.05) is 11.9 Å². The number of carbonyl (C=O) groups excluding carboxylic acids is 1. The van der Waals surface area contributed by atoms with Crippen LogP contribution in [0.2, 0.25) is 0 Å².